The largest absolute Gasteiger partial charge is 0.497 e. The number of methoxy groups -OCH3 is 3. The quantitative estimate of drug-likeness (QED) is 0.351. The summed E-state index contributed by atoms with van der Waals surface area (Å²) in [6.07, 6.45) is 1.43. The standard InChI is InChI=1S/C24H25N3O6S/c1-31-19-9-7-8-18(14-19)16-25-26-24(28)17-27(34(29,30)21-10-5-4-6-11-21)22-15-20(32-2)12-13-23(22)33-3/h4-16H,17H2,1-3H3,(H,26,28)/b25-16-. The van der Waals surface area contributed by atoms with Crippen molar-refractivity contribution < 1.29 is 27.4 Å². The molecule has 178 valence electrons. The lowest BCUT2D eigenvalue weighted by Crippen LogP contribution is -2.39. The Balaban J connectivity index is 1.92. The van der Waals surface area contributed by atoms with Gasteiger partial charge in [-0.3, -0.25) is 9.10 Å². The van der Waals surface area contributed by atoms with Gasteiger partial charge in [0, 0.05) is 6.07 Å². The molecule has 3 rings (SSSR count). The Hall–Kier alpha value is -4.05. The van der Waals surface area contributed by atoms with Crippen molar-refractivity contribution in [3.63, 3.8) is 0 Å². The molecule has 0 bridgehead atoms. The minimum atomic E-state index is -4.12. The van der Waals surface area contributed by atoms with E-state index >= 15 is 0 Å². The van der Waals surface area contributed by atoms with Crippen LogP contribution < -0.4 is 23.9 Å². The van der Waals surface area contributed by atoms with Crippen LogP contribution in [0.1, 0.15) is 5.56 Å². The van der Waals surface area contributed by atoms with E-state index in [0.717, 1.165) is 4.31 Å². The van der Waals surface area contributed by atoms with E-state index in [9.17, 15) is 13.2 Å². The van der Waals surface area contributed by atoms with Crippen molar-refractivity contribution in [2.75, 3.05) is 32.2 Å². The molecule has 0 saturated carbocycles. The molecule has 34 heavy (non-hydrogen) atoms. The highest BCUT2D eigenvalue weighted by Crippen LogP contribution is 2.35. The number of hydrogen-bond donors (Lipinski definition) is 1. The van der Waals surface area contributed by atoms with Crippen LogP contribution in [-0.4, -0.2) is 48.4 Å². The molecule has 9 nitrogen and oxygen atoms in total. The van der Waals surface area contributed by atoms with Crippen LogP contribution in [0.25, 0.3) is 0 Å². The first kappa shape index (κ1) is 24.6. The van der Waals surface area contributed by atoms with Gasteiger partial charge in [0.1, 0.15) is 23.8 Å². The van der Waals surface area contributed by atoms with Crippen molar-refractivity contribution in [2.45, 2.75) is 4.90 Å². The van der Waals surface area contributed by atoms with Crippen LogP contribution in [0.5, 0.6) is 17.2 Å². The third kappa shape index (κ3) is 5.84. The van der Waals surface area contributed by atoms with Crippen molar-refractivity contribution in [2.24, 2.45) is 5.10 Å². The lowest BCUT2D eigenvalue weighted by atomic mass is 10.2. The monoisotopic (exact) mass is 483 g/mol. The average molecular weight is 484 g/mol. The number of amides is 1. The number of rotatable bonds is 10. The number of carbonyl (C=O) groups is 1. The Bertz CT molecular complexity index is 1260. The maximum absolute atomic E-state index is 13.5. The zero-order chi connectivity index (χ0) is 24.6. The van der Waals surface area contributed by atoms with Gasteiger partial charge in [-0.1, -0.05) is 30.3 Å². The predicted octanol–water partition coefficient (Wildman–Crippen LogP) is 3.06. The van der Waals surface area contributed by atoms with Crippen LogP contribution >= 0.6 is 0 Å². The molecule has 0 atom stereocenters. The fourth-order valence-corrected chi connectivity index (χ4v) is 4.52. The van der Waals surface area contributed by atoms with Crippen molar-refractivity contribution >= 4 is 27.8 Å². The normalized spacial score (nSPS) is 11.1. The summed E-state index contributed by atoms with van der Waals surface area (Å²) in [5.41, 5.74) is 3.22. The molecule has 3 aromatic carbocycles. The first-order valence-electron chi connectivity index (χ1n) is 10.1. The van der Waals surface area contributed by atoms with Crippen LogP contribution in [0.2, 0.25) is 0 Å². The minimum absolute atomic E-state index is 0.0209. The molecule has 3 aromatic rings. The number of carbonyl (C=O) groups excluding carboxylic acids is 1. The highest BCUT2D eigenvalue weighted by molar-refractivity contribution is 7.92. The maximum atomic E-state index is 13.5. The van der Waals surface area contributed by atoms with Crippen molar-refractivity contribution in [1.29, 1.82) is 0 Å². The lowest BCUT2D eigenvalue weighted by molar-refractivity contribution is -0.119. The van der Waals surface area contributed by atoms with Gasteiger partial charge in [-0.05, 0) is 42.0 Å². The smallest absolute Gasteiger partial charge is 0.264 e. The van der Waals surface area contributed by atoms with Gasteiger partial charge in [0.15, 0.2) is 0 Å². The number of ether oxygens (including phenoxy) is 3. The van der Waals surface area contributed by atoms with E-state index in [4.69, 9.17) is 14.2 Å². The summed E-state index contributed by atoms with van der Waals surface area (Å²) in [6, 6.07) is 19.6. The van der Waals surface area contributed by atoms with Gasteiger partial charge < -0.3 is 14.2 Å². The SMILES string of the molecule is COc1cccc(/C=N\NC(=O)CN(c2cc(OC)ccc2OC)S(=O)(=O)c2ccccc2)c1. The van der Waals surface area contributed by atoms with Crippen molar-refractivity contribution in [3.8, 4) is 17.2 Å². The molecular weight excluding hydrogens is 458 g/mol. The Kier molecular flexibility index (Phi) is 8.10. The molecule has 0 saturated heterocycles. The predicted molar refractivity (Wildman–Crippen MR) is 129 cm³/mol. The summed E-state index contributed by atoms with van der Waals surface area (Å²) in [5, 5.41) is 3.94. The van der Waals surface area contributed by atoms with Gasteiger partial charge in [-0.25, -0.2) is 13.8 Å². The van der Waals surface area contributed by atoms with E-state index in [2.05, 4.69) is 10.5 Å². The number of benzene rings is 3. The lowest BCUT2D eigenvalue weighted by Gasteiger charge is -2.25. The summed E-state index contributed by atoms with van der Waals surface area (Å²) < 4.78 is 43.7. The molecule has 0 heterocycles. The minimum Gasteiger partial charge on any atom is -0.497 e. The molecule has 0 aliphatic rings. The number of nitrogens with zero attached hydrogens (tertiary/aromatic N) is 2. The molecule has 0 fully saturated rings. The first-order chi connectivity index (χ1) is 16.4. The zero-order valence-electron chi connectivity index (χ0n) is 19.0. The van der Waals surface area contributed by atoms with Gasteiger partial charge in [-0.2, -0.15) is 5.10 Å². The Morgan fingerprint density at radius 3 is 2.29 bits per heavy atom. The fraction of sp³-hybridized carbons (Fsp3) is 0.167. The zero-order valence-corrected chi connectivity index (χ0v) is 19.8. The molecule has 0 aliphatic carbocycles. The Morgan fingerprint density at radius 1 is 0.912 bits per heavy atom. The number of nitrogens with one attached hydrogen (secondary N) is 1. The summed E-state index contributed by atoms with van der Waals surface area (Å²) in [5.74, 6) is 0.651. The summed E-state index contributed by atoms with van der Waals surface area (Å²) in [4.78, 5) is 12.8. The topological polar surface area (TPSA) is 107 Å². The molecule has 0 spiro atoms. The van der Waals surface area contributed by atoms with Gasteiger partial charge in [-0.15, -0.1) is 0 Å². The highest BCUT2D eigenvalue weighted by Gasteiger charge is 2.29. The second-order valence-corrected chi connectivity index (χ2v) is 8.79. The average Bonchev–Trinajstić information content (AvgIpc) is 2.87. The third-order valence-corrected chi connectivity index (χ3v) is 6.54. The summed E-state index contributed by atoms with van der Waals surface area (Å²) >= 11 is 0. The van der Waals surface area contributed by atoms with Gasteiger partial charge >= 0.3 is 0 Å². The third-order valence-electron chi connectivity index (χ3n) is 4.77. The Morgan fingerprint density at radius 2 is 1.62 bits per heavy atom. The molecule has 0 aromatic heterocycles. The number of sulfonamides is 1. The summed E-state index contributed by atoms with van der Waals surface area (Å²) in [6.45, 7) is -0.545. The van der Waals surface area contributed by atoms with Crippen LogP contribution in [0.15, 0.2) is 82.8 Å². The Labute approximate surface area is 198 Å². The van der Waals surface area contributed by atoms with E-state index in [1.54, 1.807) is 61.7 Å². The van der Waals surface area contributed by atoms with Gasteiger partial charge in [0.05, 0.1) is 38.1 Å². The van der Waals surface area contributed by atoms with E-state index in [1.165, 1.54) is 38.6 Å². The van der Waals surface area contributed by atoms with E-state index in [-0.39, 0.29) is 16.3 Å². The number of hydrogen-bond acceptors (Lipinski definition) is 7. The first-order valence-corrected chi connectivity index (χ1v) is 11.6. The number of hydrazone groups is 1. The summed E-state index contributed by atoms with van der Waals surface area (Å²) in [7, 11) is 0.298. The second-order valence-electron chi connectivity index (χ2n) is 6.93. The molecule has 0 aliphatic heterocycles. The van der Waals surface area contributed by atoms with E-state index in [1.807, 2.05) is 0 Å². The van der Waals surface area contributed by atoms with Crippen LogP contribution in [0.3, 0.4) is 0 Å². The fourth-order valence-electron chi connectivity index (χ4n) is 3.08. The maximum Gasteiger partial charge on any atom is 0.264 e. The van der Waals surface area contributed by atoms with E-state index in [0.29, 0.717) is 17.1 Å². The molecule has 0 radical (unpaired) electrons. The van der Waals surface area contributed by atoms with Crippen molar-refractivity contribution in [1.82, 2.24) is 5.43 Å². The van der Waals surface area contributed by atoms with Gasteiger partial charge in [0.25, 0.3) is 15.9 Å². The van der Waals surface area contributed by atoms with Crippen LogP contribution in [0, 0.1) is 0 Å². The molecular formula is C24H25N3O6S. The van der Waals surface area contributed by atoms with Crippen LogP contribution in [0.4, 0.5) is 5.69 Å². The van der Waals surface area contributed by atoms with Gasteiger partial charge in [0.2, 0.25) is 0 Å². The van der Waals surface area contributed by atoms with Crippen molar-refractivity contribution in [3.05, 3.63) is 78.4 Å². The number of anilines is 1. The molecule has 1 N–H and O–H groups in total. The molecule has 0 unspecified atom stereocenters. The highest BCUT2D eigenvalue weighted by atomic mass is 32.2. The molecule has 10 heteroatoms. The second kappa shape index (κ2) is 11.2. The molecule has 1 amide bonds. The van der Waals surface area contributed by atoms with E-state index < -0.39 is 22.5 Å². The van der Waals surface area contributed by atoms with Crippen LogP contribution in [-0.2, 0) is 14.8 Å².